The van der Waals surface area contributed by atoms with Crippen molar-refractivity contribution in [2.24, 2.45) is 23.2 Å². The molecule has 3 unspecified atom stereocenters. The van der Waals surface area contributed by atoms with Crippen molar-refractivity contribution < 1.29 is 0 Å². The van der Waals surface area contributed by atoms with E-state index in [-0.39, 0.29) is 0 Å². The molecule has 0 heterocycles. The van der Waals surface area contributed by atoms with Gasteiger partial charge < -0.3 is 0 Å². The molecule has 0 aliphatic carbocycles. The van der Waals surface area contributed by atoms with Gasteiger partial charge in [0.1, 0.15) is 0 Å². The minimum Gasteiger partial charge on any atom is -0.103 e. The Labute approximate surface area is 129 Å². The maximum Gasteiger partial charge on any atom is -0.0266 e. The molecule has 0 nitrogen and oxygen atoms in total. The van der Waals surface area contributed by atoms with Crippen LogP contribution >= 0.6 is 0 Å². The second-order valence-corrected chi connectivity index (χ2v) is 7.79. The van der Waals surface area contributed by atoms with E-state index in [1.807, 2.05) is 0 Å². The summed E-state index contributed by atoms with van der Waals surface area (Å²) in [5.41, 5.74) is 0.461. The van der Waals surface area contributed by atoms with E-state index in [4.69, 9.17) is 0 Å². The van der Waals surface area contributed by atoms with Crippen LogP contribution in [0.15, 0.2) is 12.7 Å². The van der Waals surface area contributed by atoms with Crippen LogP contribution in [0.1, 0.15) is 92.9 Å². The fourth-order valence-electron chi connectivity index (χ4n) is 3.19. The van der Waals surface area contributed by atoms with Crippen molar-refractivity contribution in [1.82, 2.24) is 0 Å². The standard InChI is InChI=1S/C20H40/c1-8-14-20(7,19(6)16-18(5)9-2)15-12-10-11-13-17(3)4/h8,17-19H,1,9-16H2,2-7H3. The van der Waals surface area contributed by atoms with Crippen LogP contribution in [-0.2, 0) is 0 Å². The Morgan fingerprint density at radius 3 is 2.20 bits per heavy atom. The van der Waals surface area contributed by atoms with Gasteiger partial charge >= 0.3 is 0 Å². The SMILES string of the molecule is C=CCC(C)(CCCCCC(C)C)C(C)CC(C)CC. The summed E-state index contributed by atoms with van der Waals surface area (Å²) in [5.74, 6) is 2.52. The van der Waals surface area contributed by atoms with E-state index in [1.54, 1.807) is 0 Å². The third-order valence-corrected chi connectivity index (χ3v) is 5.28. The lowest BCUT2D eigenvalue weighted by Crippen LogP contribution is -2.26. The first-order valence-electron chi connectivity index (χ1n) is 8.96. The topological polar surface area (TPSA) is 0 Å². The first-order valence-corrected chi connectivity index (χ1v) is 8.96. The molecule has 0 amide bonds. The summed E-state index contributed by atoms with van der Waals surface area (Å²) in [4.78, 5) is 0. The normalized spacial score (nSPS) is 17.8. The van der Waals surface area contributed by atoms with Gasteiger partial charge in [-0.05, 0) is 42.4 Å². The van der Waals surface area contributed by atoms with Crippen LogP contribution in [0.2, 0.25) is 0 Å². The van der Waals surface area contributed by atoms with E-state index in [0.717, 1.165) is 17.8 Å². The van der Waals surface area contributed by atoms with Crippen molar-refractivity contribution in [3.05, 3.63) is 12.7 Å². The zero-order valence-electron chi connectivity index (χ0n) is 15.2. The number of rotatable bonds is 12. The third kappa shape index (κ3) is 8.12. The summed E-state index contributed by atoms with van der Waals surface area (Å²) < 4.78 is 0. The Bertz CT molecular complexity index is 240. The van der Waals surface area contributed by atoms with Crippen molar-refractivity contribution in [3.8, 4) is 0 Å². The van der Waals surface area contributed by atoms with E-state index in [9.17, 15) is 0 Å². The molecule has 0 spiro atoms. The molecule has 3 atom stereocenters. The predicted octanol–water partition coefficient (Wildman–Crippen LogP) is 7.25. The van der Waals surface area contributed by atoms with Crippen LogP contribution in [0.3, 0.4) is 0 Å². The molecular weight excluding hydrogens is 240 g/mol. The number of hydrogen-bond donors (Lipinski definition) is 0. The Balaban J connectivity index is 4.25. The molecule has 20 heavy (non-hydrogen) atoms. The molecule has 0 saturated carbocycles. The van der Waals surface area contributed by atoms with Crippen LogP contribution in [0.25, 0.3) is 0 Å². The molecule has 0 aromatic rings. The average Bonchev–Trinajstić information content (AvgIpc) is 2.38. The molecule has 0 aliphatic rings. The van der Waals surface area contributed by atoms with Crippen molar-refractivity contribution >= 4 is 0 Å². The third-order valence-electron chi connectivity index (χ3n) is 5.28. The Hall–Kier alpha value is -0.260. The van der Waals surface area contributed by atoms with E-state index in [2.05, 4.69) is 54.2 Å². The second-order valence-electron chi connectivity index (χ2n) is 7.79. The lowest BCUT2D eigenvalue weighted by atomic mass is 9.69. The number of allylic oxidation sites excluding steroid dienone is 1. The smallest absolute Gasteiger partial charge is 0.0266 e. The van der Waals surface area contributed by atoms with Crippen LogP contribution in [0, 0.1) is 23.2 Å². The van der Waals surface area contributed by atoms with Crippen molar-refractivity contribution in [2.75, 3.05) is 0 Å². The predicted molar refractivity (Wildman–Crippen MR) is 94.1 cm³/mol. The molecule has 0 aromatic carbocycles. The molecule has 0 aromatic heterocycles. The van der Waals surface area contributed by atoms with Gasteiger partial charge in [0.15, 0.2) is 0 Å². The van der Waals surface area contributed by atoms with Crippen molar-refractivity contribution in [3.63, 3.8) is 0 Å². The summed E-state index contributed by atoms with van der Waals surface area (Å²) in [6.07, 6.45) is 12.9. The highest BCUT2D eigenvalue weighted by Crippen LogP contribution is 2.40. The molecule has 0 radical (unpaired) electrons. The molecule has 0 heteroatoms. The fraction of sp³-hybridized carbons (Fsp3) is 0.900. The zero-order valence-corrected chi connectivity index (χ0v) is 15.2. The van der Waals surface area contributed by atoms with Gasteiger partial charge in [-0.25, -0.2) is 0 Å². The lowest BCUT2D eigenvalue weighted by molar-refractivity contribution is 0.152. The van der Waals surface area contributed by atoms with Gasteiger partial charge in [0, 0.05) is 0 Å². The zero-order chi connectivity index (χ0) is 15.6. The molecule has 0 fully saturated rings. The lowest BCUT2D eigenvalue weighted by Gasteiger charge is -2.37. The van der Waals surface area contributed by atoms with E-state index in [0.29, 0.717) is 5.41 Å². The van der Waals surface area contributed by atoms with E-state index >= 15 is 0 Å². The highest BCUT2D eigenvalue weighted by atomic mass is 14.3. The molecular formula is C20H40. The van der Waals surface area contributed by atoms with Crippen LogP contribution in [0.4, 0.5) is 0 Å². The van der Waals surface area contributed by atoms with Crippen LogP contribution in [-0.4, -0.2) is 0 Å². The summed E-state index contributed by atoms with van der Waals surface area (Å²) in [6, 6.07) is 0. The highest BCUT2D eigenvalue weighted by Gasteiger charge is 2.29. The van der Waals surface area contributed by atoms with Crippen LogP contribution in [0.5, 0.6) is 0 Å². The number of hydrogen-bond acceptors (Lipinski definition) is 0. The highest BCUT2D eigenvalue weighted by molar-refractivity contribution is 4.87. The average molecular weight is 281 g/mol. The van der Waals surface area contributed by atoms with Crippen molar-refractivity contribution in [2.45, 2.75) is 92.9 Å². The molecule has 0 bridgehead atoms. The van der Waals surface area contributed by atoms with E-state index in [1.165, 1.54) is 51.4 Å². The van der Waals surface area contributed by atoms with Gasteiger partial charge in [-0.2, -0.15) is 0 Å². The molecule has 0 aliphatic heterocycles. The van der Waals surface area contributed by atoms with Crippen molar-refractivity contribution in [1.29, 1.82) is 0 Å². The molecule has 0 N–H and O–H groups in total. The second kappa shape index (κ2) is 10.5. The molecule has 0 rings (SSSR count). The summed E-state index contributed by atoms with van der Waals surface area (Å²) in [5, 5.41) is 0. The monoisotopic (exact) mass is 280 g/mol. The molecule has 0 saturated heterocycles. The first-order chi connectivity index (χ1) is 9.35. The Morgan fingerprint density at radius 1 is 1.05 bits per heavy atom. The number of unbranched alkanes of at least 4 members (excludes halogenated alkanes) is 2. The fourth-order valence-corrected chi connectivity index (χ4v) is 3.19. The van der Waals surface area contributed by atoms with Gasteiger partial charge in [-0.1, -0.05) is 79.7 Å². The summed E-state index contributed by atoms with van der Waals surface area (Å²) >= 11 is 0. The maximum absolute atomic E-state index is 4.00. The minimum absolute atomic E-state index is 0.461. The quantitative estimate of drug-likeness (QED) is 0.261. The first kappa shape index (κ1) is 19.7. The van der Waals surface area contributed by atoms with Crippen LogP contribution < -0.4 is 0 Å². The van der Waals surface area contributed by atoms with Gasteiger partial charge in [-0.15, -0.1) is 6.58 Å². The Kier molecular flexibility index (Phi) is 10.3. The van der Waals surface area contributed by atoms with E-state index < -0.39 is 0 Å². The Morgan fingerprint density at radius 2 is 1.70 bits per heavy atom. The maximum atomic E-state index is 4.00. The van der Waals surface area contributed by atoms with Gasteiger partial charge in [0.2, 0.25) is 0 Å². The largest absolute Gasteiger partial charge is 0.103 e. The van der Waals surface area contributed by atoms with Gasteiger partial charge in [-0.3, -0.25) is 0 Å². The summed E-state index contributed by atoms with van der Waals surface area (Å²) in [6.45, 7) is 18.3. The summed E-state index contributed by atoms with van der Waals surface area (Å²) in [7, 11) is 0. The van der Waals surface area contributed by atoms with Gasteiger partial charge in [0.05, 0.1) is 0 Å². The minimum atomic E-state index is 0.461. The molecule has 120 valence electrons. The van der Waals surface area contributed by atoms with Gasteiger partial charge in [0.25, 0.3) is 0 Å².